The van der Waals surface area contributed by atoms with Crippen LogP contribution in [0.25, 0.3) is 21.5 Å². The van der Waals surface area contributed by atoms with Gasteiger partial charge in [-0.2, -0.15) is 0 Å². The fourth-order valence-corrected chi connectivity index (χ4v) is 3.06. The highest BCUT2D eigenvalue weighted by molar-refractivity contribution is 6.09. The molecule has 0 aliphatic rings. The molecule has 0 fully saturated rings. The minimum Gasteiger partial charge on any atom is -0.324 e. The first-order valence-corrected chi connectivity index (χ1v) is 7.83. The van der Waals surface area contributed by atoms with Crippen molar-refractivity contribution in [2.24, 2.45) is 11.7 Å². The van der Waals surface area contributed by atoms with Crippen LogP contribution in [0.4, 0.5) is 0 Å². The minimum atomic E-state index is 0. The molecule has 3 aromatic carbocycles. The smallest absolute Gasteiger partial charge is 0.0301 e. The van der Waals surface area contributed by atoms with Gasteiger partial charge in [0.2, 0.25) is 0 Å². The maximum Gasteiger partial charge on any atom is 0.0301 e. The molecule has 1 nitrogen and oxygen atoms in total. The van der Waals surface area contributed by atoms with Gasteiger partial charge in [0.25, 0.3) is 0 Å². The molecule has 0 heterocycles. The molecule has 3 aromatic rings. The second kappa shape index (κ2) is 7.13. The predicted molar refractivity (Wildman–Crippen MR) is 99.7 cm³/mol. The lowest BCUT2D eigenvalue weighted by atomic mass is 9.91. The van der Waals surface area contributed by atoms with E-state index in [0.717, 1.165) is 6.42 Å². The van der Waals surface area contributed by atoms with Crippen LogP contribution < -0.4 is 5.73 Å². The molecule has 0 unspecified atom stereocenters. The maximum absolute atomic E-state index is 6.50. The van der Waals surface area contributed by atoms with E-state index in [1.165, 1.54) is 33.5 Å². The summed E-state index contributed by atoms with van der Waals surface area (Å²) in [5.74, 6) is 0.697. The van der Waals surface area contributed by atoms with Crippen LogP contribution in [0.2, 0.25) is 0 Å². The fourth-order valence-electron chi connectivity index (χ4n) is 3.06. The third kappa shape index (κ3) is 3.26. The van der Waals surface area contributed by atoms with Gasteiger partial charge in [0, 0.05) is 6.04 Å². The summed E-state index contributed by atoms with van der Waals surface area (Å²) in [5.41, 5.74) is 7.78. The summed E-state index contributed by atoms with van der Waals surface area (Å²) in [6.45, 7) is 4.51. The normalized spacial score (nSPS) is 12.5. The molecule has 0 aliphatic heterocycles. The fraction of sp³-hybridized carbons (Fsp3) is 0.300. The lowest BCUT2D eigenvalue weighted by Gasteiger charge is -2.17. The second-order valence-corrected chi connectivity index (χ2v) is 6.31. The third-order valence-electron chi connectivity index (χ3n) is 4.25. The van der Waals surface area contributed by atoms with E-state index in [1.807, 2.05) is 0 Å². The molecule has 0 spiro atoms. The Balaban J connectivity index is 0.00000176. The second-order valence-electron chi connectivity index (χ2n) is 6.31. The van der Waals surface area contributed by atoms with Crippen LogP contribution in [0.1, 0.15) is 38.3 Å². The lowest BCUT2D eigenvalue weighted by Crippen LogP contribution is -2.11. The van der Waals surface area contributed by atoms with Gasteiger partial charge in [-0.15, -0.1) is 12.4 Å². The maximum atomic E-state index is 6.50. The quantitative estimate of drug-likeness (QED) is 0.601. The lowest BCUT2D eigenvalue weighted by molar-refractivity contribution is 0.509. The molecule has 2 N–H and O–H groups in total. The van der Waals surface area contributed by atoms with Crippen LogP contribution in [-0.2, 0) is 0 Å². The molecule has 0 aliphatic carbocycles. The summed E-state index contributed by atoms with van der Waals surface area (Å²) in [7, 11) is 0. The minimum absolute atomic E-state index is 0. The van der Waals surface area contributed by atoms with Crippen LogP contribution in [0, 0.1) is 5.92 Å². The van der Waals surface area contributed by atoms with E-state index in [-0.39, 0.29) is 18.4 Å². The molecule has 3 rings (SSSR count). The number of hydrogen-bond acceptors (Lipinski definition) is 1. The topological polar surface area (TPSA) is 26.0 Å². The monoisotopic (exact) mass is 313 g/mol. The van der Waals surface area contributed by atoms with E-state index < -0.39 is 0 Å². The Labute approximate surface area is 138 Å². The van der Waals surface area contributed by atoms with Crippen molar-refractivity contribution in [1.82, 2.24) is 0 Å². The highest BCUT2D eigenvalue weighted by atomic mass is 35.5. The summed E-state index contributed by atoms with van der Waals surface area (Å²) < 4.78 is 0. The van der Waals surface area contributed by atoms with Crippen molar-refractivity contribution in [3.8, 4) is 0 Å². The first-order chi connectivity index (χ1) is 10.2. The van der Waals surface area contributed by atoms with Crippen LogP contribution >= 0.6 is 12.4 Å². The van der Waals surface area contributed by atoms with Gasteiger partial charge in [-0.05, 0) is 51.9 Å². The highest BCUT2D eigenvalue weighted by Crippen LogP contribution is 2.32. The molecule has 0 bridgehead atoms. The standard InChI is InChI=1S/C20H23N.ClH/c1-14(2)11-12-20(21)19-13-15-7-3-4-8-16(15)17-9-5-6-10-18(17)19;/h3-10,13-14,20H,11-12,21H2,1-2H3;1H/t20-;/m1./s1. The van der Waals surface area contributed by atoms with Crippen molar-refractivity contribution < 1.29 is 0 Å². The zero-order chi connectivity index (χ0) is 14.8. The van der Waals surface area contributed by atoms with E-state index in [1.54, 1.807) is 0 Å². The summed E-state index contributed by atoms with van der Waals surface area (Å²) in [6, 6.07) is 19.6. The van der Waals surface area contributed by atoms with Gasteiger partial charge in [-0.3, -0.25) is 0 Å². The third-order valence-corrected chi connectivity index (χ3v) is 4.25. The first kappa shape index (κ1) is 16.8. The largest absolute Gasteiger partial charge is 0.324 e. The number of rotatable bonds is 4. The van der Waals surface area contributed by atoms with Crippen molar-refractivity contribution >= 4 is 34.0 Å². The number of halogens is 1. The number of hydrogen-bond donors (Lipinski definition) is 1. The van der Waals surface area contributed by atoms with Crippen molar-refractivity contribution in [2.45, 2.75) is 32.7 Å². The van der Waals surface area contributed by atoms with Crippen LogP contribution in [0.3, 0.4) is 0 Å². The van der Waals surface area contributed by atoms with Gasteiger partial charge < -0.3 is 5.73 Å². The Bertz CT molecular complexity index is 764. The van der Waals surface area contributed by atoms with Gasteiger partial charge >= 0.3 is 0 Å². The molecule has 22 heavy (non-hydrogen) atoms. The summed E-state index contributed by atoms with van der Waals surface area (Å²) >= 11 is 0. The first-order valence-electron chi connectivity index (χ1n) is 7.83. The molecular weight excluding hydrogens is 290 g/mol. The van der Waals surface area contributed by atoms with Gasteiger partial charge in [0.15, 0.2) is 0 Å². The van der Waals surface area contributed by atoms with E-state index in [9.17, 15) is 0 Å². The Morgan fingerprint density at radius 2 is 1.41 bits per heavy atom. The van der Waals surface area contributed by atoms with Gasteiger partial charge in [-0.25, -0.2) is 0 Å². The highest BCUT2D eigenvalue weighted by Gasteiger charge is 2.13. The van der Waals surface area contributed by atoms with Crippen LogP contribution in [0.15, 0.2) is 54.6 Å². The average Bonchev–Trinajstić information content (AvgIpc) is 2.51. The number of fused-ring (bicyclic) bond motifs is 3. The summed E-state index contributed by atoms with van der Waals surface area (Å²) in [5, 5.41) is 5.21. The molecule has 2 heteroatoms. The molecule has 0 saturated carbocycles. The predicted octanol–water partition coefficient (Wildman–Crippen LogP) is 5.85. The van der Waals surface area contributed by atoms with E-state index in [4.69, 9.17) is 5.73 Å². The molecule has 1 atom stereocenters. The van der Waals surface area contributed by atoms with Gasteiger partial charge in [0.1, 0.15) is 0 Å². The SMILES string of the molecule is CC(C)CC[C@@H](N)c1cc2ccccc2c2ccccc12.Cl. The van der Waals surface area contributed by atoms with E-state index in [0.29, 0.717) is 5.92 Å². The van der Waals surface area contributed by atoms with Crippen molar-refractivity contribution in [2.75, 3.05) is 0 Å². The zero-order valence-electron chi connectivity index (χ0n) is 13.3. The Hall–Kier alpha value is -1.57. The molecule has 0 saturated heterocycles. The molecule has 0 amide bonds. The van der Waals surface area contributed by atoms with Gasteiger partial charge in [0.05, 0.1) is 0 Å². The Kier molecular flexibility index (Phi) is 5.44. The van der Waals surface area contributed by atoms with Crippen LogP contribution in [-0.4, -0.2) is 0 Å². The van der Waals surface area contributed by atoms with E-state index >= 15 is 0 Å². The number of nitrogens with two attached hydrogens (primary N) is 1. The van der Waals surface area contributed by atoms with Crippen molar-refractivity contribution in [3.05, 3.63) is 60.2 Å². The number of benzene rings is 3. The van der Waals surface area contributed by atoms with Crippen molar-refractivity contribution in [1.29, 1.82) is 0 Å². The van der Waals surface area contributed by atoms with Crippen LogP contribution in [0.5, 0.6) is 0 Å². The molecule has 0 radical (unpaired) electrons. The Morgan fingerprint density at radius 3 is 2.09 bits per heavy atom. The summed E-state index contributed by atoms with van der Waals surface area (Å²) in [6.07, 6.45) is 2.21. The van der Waals surface area contributed by atoms with Gasteiger partial charge in [-0.1, -0.05) is 62.4 Å². The molecular formula is C20H24ClN. The molecule has 116 valence electrons. The molecule has 0 aromatic heterocycles. The Morgan fingerprint density at radius 1 is 0.818 bits per heavy atom. The summed E-state index contributed by atoms with van der Waals surface area (Å²) in [4.78, 5) is 0. The zero-order valence-corrected chi connectivity index (χ0v) is 14.1. The van der Waals surface area contributed by atoms with Crippen molar-refractivity contribution in [3.63, 3.8) is 0 Å². The average molecular weight is 314 g/mol. The van der Waals surface area contributed by atoms with E-state index in [2.05, 4.69) is 68.4 Å².